The molecule has 1 heterocycles. The van der Waals surface area contributed by atoms with E-state index in [1.807, 2.05) is 0 Å². The highest BCUT2D eigenvalue weighted by Crippen LogP contribution is 2.59. The van der Waals surface area contributed by atoms with Gasteiger partial charge in [0.05, 0.1) is 19.5 Å². The molecule has 0 bridgehead atoms. The molecule has 1 saturated carbocycles. The average molecular weight is 359 g/mol. The quantitative estimate of drug-likeness (QED) is 0.535. The average Bonchev–Trinajstić information content (AvgIpc) is 3.12. The fourth-order valence-corrected chi connectivity index (χ4v) is 3.35. The van der Waals surface area contributed by atoms with Gasteiger partial charge in [0.2, 0.25) is 5.91 Å². The number of rotatable bonds is 4. The minimum Gasteiger partial charge on any atom is -0.467 e. The Hall–Kier alpha value is -1.36. The van der Waals surface area contributed by atoms with Gasteiger partial charge >= 0.3 is 12.1 Å². The summed E-state index contributed by atoms with van der Waals surface area (Å²) in [6, 6.07) is -1.29. The molecule has 1 saturated heterocycles. The van der Waals surface area contributed by atoms with Gasteiger partial charge in [0.25, 0.3) is 10.1 Å². The Labute approximate surface area is 130 Å². The second-order valence-electron chi connectivity index (χ2n) is 5.73. The summed E-state index contributed by atoms with van der Waals surface area (Å²) in [7, 11) is -2.84. The predicted octanol–water partition coefficient (Wildman–Crippen LogP) is 0.448. The number of nitrogens with zero attached hydrogens (tertiary/aromatic N) is 1. The Morgan fingerprint density at radius 3 is 2.22 bits per heavy atom. The lowest BCUT2D eigenvalue weighted by molar-refractivity contribution is -0.200. The van der Waals surface area contributed by atoms with Crippen LogP contribution in [0.25, 0.3) is 0 Å². The molecule has 2 rings (SSSR count). The van der Waals surface area contributed by atoms with Crippen LogP contribution in [0.4, 0.5) is 13.2 Å². The van der Waals surface area contributed by atoms with Crippen LogP contribution in [0.1, 0.15) is 19.3 Å². The molecule has 0 spiro atoms. The number of amides is 1. The van der Waals surface area contributed by atoms with E-state index in [-0.39, 0.29) is 19.3 Å². The van der Waals surface area contributed by atoms with E-state index in [4.69, 9.17) is 4.18 Å². The lowest BCUT2D eigenvalue weighted by Gasteiger charge is -2.28. The maximum atomic E-state index is 13.1. The van der Waals surface area contributed by atoms with Crippen molar-refractivity contribution in [3.05, 3.63) is 0 Å². The zero-order valence-electron chi connectivity index (χ0n) is 12.4. The smallest absolute Gasteiger partial charge is 0.403 e. The molecule has 1 amide bonds. The number of carbonyl (C=O) groups is 2. The van der Waals surface area contributed by atoms with Crippen LogP contribution in [0, 0.1) is 5.41 Å². The second kappa shape index (κ2) is 5.62. The SMILES string of the molecule is COC(=O)C1CC(OS(C)(=O)=O)CN1C(=O)C1(C(F)(F)F)CC1. The topological polar surface area (TPSA) is 90.0 Å². The van der Waals surface area contributed by atoms with Crippen LogP contribution in [-0.4, -0.2) is 63.4 Å². The first-order valence-electron chi connectivity index (χ1n) is 6.75. The highest BCUT2D eigenvalue weighted by Gasteiger charge is 2.70. The Bertz CT molecular complexity index is 613. The van der Waals surface area contributed by atoms with Gasteiger partial charge in [-0.05, 0) is 12.8 Å². The zero-order chi connectivity index (χ0) is 17.6. The highest BCUT2D eigenvalue weighted by molar-refractivity contribution is 7.86. The molecule has 0 aromatic heterocycles. The number of alkyl halides is 3. The highest BCUT2D eigenvalue weighted by atomic mass is 32.2. The third-order valence-electron chi connectivity index (χ3n) is 4.01. The van der Waals surface area contributed by atoms with Crippen molar-refractivity contribution in [1.29, 1.82) is 0 Å². The van der Waals surface area contributed by atoms with Gasteiger partial charge < -0.3 is 9.64 Å². The third kappa shape index (κ3) is 3.44. The number of hydrogen-bond donors (Lipinski definition) is 0. The third-order valence-corrected chi connectivity index (χ3v) is 4.63. The first-order chi connectivity index (χ1) is 10.4. The van der Waals surface area contributed by atoms with Crippen molar-refractivity contribution in [2.24, 2.45) is 5.41 Å². The predicted molar refractivity (Wildman–Crippen MR) is 69.6 cm³/mol. The number of hydrogen-bond acceptors (Lipinski definition) is 6. The molecule has 2 fully saturated rings. The second-order valence-corrected chi connectivity index (χ2v) is 7.34. The molecular formula is C12H16F3NO6S. The summed E-state index contributed by atoms with van der Waals surface area (Å²) in [5, 5.41) is 0. The van der Waals surface area contributed by atoms with Gasteiger partial charge in [-0.2, -0.15) is 21.6 Å². The van der Waals surface area contributed by atoms with Crippen molar-refractivity contribution < 1.29 is 40.1 Å². The molecule has 2 atom stereocenters. The Morgan fingerprint density at radius 1 is 1.26 bits per heavy atom. The standard InChI is InChI=1S/C12H16F3NO6S/c1-21-9(17)8-5-7(22-23(2,19)20)6-16(8)10(18)11(3-4-11)12(13,14)15/h7-8H,3-6H2,1-2H3. The molecule has 23 heavy (non-hydrogen) atoms. The molecule has 0 N–H and O–H groups in total. The monoisotopic (exact) mass is 359 g/mol. The van der Waals surface area contributed by atoms with E-state index in [0.717, 1.165) is 18.3 Å². The molecule has 2 unspecified atom stereocenters. The Balaban J connectivity index is 2.24. The number of carbonyl (C=O) groups excluding carboxylic acids is 2. The minimum atomic E-state index is -4.72. The van der Waals surface area contributed by atoms with Crippen LogP contribution in [0.3, 0.4) is 0 Å². The zero-order valence-corrected chi connectivity index (χ0v) is 13.2. The van der Waals surface area contributed by atoms with E-state index in [9.17, 15) is 31.2 Å². The number of methoxy groups -OCH3 is 1. The van der Waals surface area contributed by atoms with Crippen molar-refractivity contribution >= 4 is 22.0 Å². The van der Waals surface area contributed by atoms with E-state index in [2.05, 4.69) is 4.74 Å². The molecule has 2 aliphatic rings. The molecule has 1 aliphatic heterocycles. The first-order valence-corrected chi connectivity index (χ1v) is 8.57. The van der Waals surface area contributed by atoms with Gasteiger partial charge in [0.15, 0.2) is 0 Å². The van der Waals surface area contributed by atoms with Gasteiger partial charge in [-0.15, -0.1) is 0 Å². The van der Waals surface area contributed by atoms with Crippen molar-refractivity contribution in [3.63, 3.8) is 0 Å². The Morgan fingerprint density at radius 2 is 1.83 bits per heavy atom. The maximum Gasteiger partial charge on any atom is 0.403 e. The lowest BCUT2D eigenvalue weighted by Crippen LogP contribution is -2.49. The molecule has 0 aromatic carbocycles. The van der Waals surface area contributed by atoms with Gasteiger partial charge in [-0.25, -0.2) is 4.79 Å². The Kier molecular flexibility index (Phi) is 4.39. The molecule has 7 nitrogen and oxygen atoms in total. The van der Waals surface area contributed by atoms with E-state index < -0.39 is 52.3 Å². The van der Waals surface area contributed by atoms with Gasteiger partial charge in [-0.1, -0.05) is 0 Å². The maximum absolute atomic E-state index is 13.1. The molecular weight excluding hydrogens is 343 g/mol. The number of ether oxygens (including phenoxy) is 1. The van der Waals surface area contributed by atoms with E-state index >= 15 is 0 Å². The summed E-state index contributed by atoms with van der Waals surface area (Å²) in [6.07, 6.45) is -5.96. The van der Waals surface area contributed by atoms with E-state index in [0.29, 0.717) is 0 Å². The number of likely N-dealkylation sites (tertiary alicyclic amines) is 1. The number of halogens is 3. The largest absolute Gasteiger partial charge is 0.467 e. The van der Waals surface area contributed by atoms with Gasteiger partial charge in [0.1, 0.15) is 11.5 Å². The fourth-order valence-electron chi connectivity index (χ4n) is 2.72. The van der Waals surface area contributed by atoms with Crippen molar-refractivity contribution in [1.82, 2.24) is 4.90 Å². The van der Waals surface area contributed by atoms with Gasteiger partial charge in [0, 0.05) is 13.0 Å². The molecule has 0 radical (unpaired) electrons. The van der Waals surface area contributed by atoms with Crippen LogP contribution in [-0.2, 0) is 28.6 Å². The molecule has 11 heteroatoms. The van der Waals surface area contributed by atoms with Crippen LogP contribution in [0.5, 0.6) is 0 Å². The lowest BCUT2D eigenvalue weighted by atomic mass is 10.0. The summed E-state index contributed by atoms with van der Waals surface area (Å²) in [5.41, 5.74) is -2.49. The summed E-state index contributed by atoms with van der Waals surface area (Å²) in [5.74, 6) is -2.14. The van der Waals surface area contributed by atoms with E-state index in [1.54, 1.807) is 0 Å². The van der Waals surface area contributed by atoms with Crippen LogP contribution in [0.2, 0.25) is 0 Å². The minimum absolute atomic E-state index is 0.237. The summed E-state index contributed by atoms with van der Waals surface area (Å²) in [6.45, 7) is -0.413. The van der Waals surface area contributed by atoms with Crippen molar-refractivity contribution in [2.45, 2.75) is 37.6 Å². The summed E-state index contributed by atoms with van der Waals surface area (Å²) >= 11 is 0. The van der Waals surface area contributed by atoms with Gasteiger partial charge in [-0.3, -0.25) is 8.98 Å². The molecule has 0 aromatic rings. The summed E-state index contributed by atoms with van der Waals surface area (Å²) < 4.78 is 70.8. The van der Waals surface area contributed by atoms with Crippen LogP contribution >= 0.6 is 0 Å². The van der Waals surface area contributed by atoms with Crippen molar-refractivity contribution in [2.75, 3.05) is 19.9 Å². The van der Waals surface area contributed by atoms with Crippen molar-refractivity contribution in [3.8, 4) is 0 Å². The molecule has 1 aliphatic carbocycles. The fraction of sp³-hybridized carbons (Fsp3) is 0.833. The van der Waals surface area contributed by atoms with Crippen LogP contribution < -0.4 is 0 Å². The van der Waals surface area contributed by atoms with E-state index in [1.165, 1.54) is 0 Å². The summed E-state index contributed by atoms with van der Waals surface area (Å²) in [4.78, 5) is 24.8. The normalized spacial score (nSPS) is 26.9. The number of esters is 1. The molecule has 132 valence electrons. The first kappa shape index (κ1) is 18.0. The van der Waals surface area contributed by atoms with Crippen LogP contribution in [0.15, 0.2) is 0 Å².